The van der Waals surface area contributed by atoms with Gasteiger partial charge >= 0.3 is 0 Å². The van der Waals surface area contributed by atoms with Crippen molar-refractivity contribution in [2.75, 3.05) is 16.8 Å². The van der Waals surface area contributed by atoms with Gasteiger partial charge in [0.1, 0.15) is 0 Å². The minimum atomic E-state index is 0.132. The minimum Gasteiger partial charge on any atom is -0.382 e. The number of thioether (sulfide) groups is 1. The summed E-state index contributed by atoms with van der Waals surface area (Å²) in [6.45, 7) is 0. The van der Waals surface area contributed by atoms with E-state index in [-0.39, 0.29) is 6.04 Å². The lowest BCUT2D eigenvalue weighted by Crippen LogP contribution is -2.44. The maximum Gasteiger partial charge on any atom is 0.0410 e. The Labute approximate surface area is 105 Å². The average Bonchev–Trinajstić information content (AvgIpc) is 2.31. The molecule has 0 radical (unpaired) electrons. The molecule has 1 saturated heterocycles. The van der Waals surface area contributed by atoms with E-state index < -0.39 is 0 Å². The number of anilines is 1. The zero-order valence-electron chi connectivity index (χ0n) is 8.95. The maximum atomic E-state index is 6.36. The summed E-state index contributed by atoms with van der Waals surface area (Å²) in [5.41, 5.74) is 8.71. The van der Waals surface area contributed by atoms with Crippen LogP contribution in [0.25, 0.3) is 0 Å². The molecule has 1 aromatic rings. The van der Waals surface area contributed by atoms with E-state index in [4.69, 9.17) is 17.3 Å². The Hall–Kier alpha value is -0.380. The lowest BCUT2D eigenvalue weighted by molar-refractivity contribution is 0.382. The molecule has 0 aromatic heterocycles. The molecular weight excluding hydrogens is 240 g/mol. The van der Waals surface area contributed by atoms with Crippen LogP contribution in [0.2, 0.25) is 5.02 Å². The van der Waals surface area contributed by atoms with Crippen LogP contribution in [0.3, 0.4) is 0 Å². The summed E-state index contributed by atoms with van der Waals surface area (Å²) >= 11 is 8.04. The van der Waals surface area contributed by atoms with Crippen molar-refractivity contribution in [3.05, 3.63) is 28.8 Å². The second-order valence-electron chi connectivity index (χ2n) is 4.54. The molecule has 3 rings (SSSR count). The van der Waals surface area contributed by atoms with Gasteiger partial charge in [0, 0.05) is 28.7 Å². The van der Waals surface area contributed by atoms with Crippen molar-refractivity contribution >= 4 is 29.1 Å². The molecule has 16 heavy (non-hydrogen) atoms. The van der Waals surface area contributed by atoms with E-state index in [1.165, 1.54) is 23.4 Å². The summed E-state index contributed by atoms with van der Waals surface area (Å²) in [5.74, 6) is 2.94. The van der Waals surface area contributed by atoms with Gasteiger partial charge < -0.3 is 11.1 Å². The molecule has 0 saturated carbocycles. The quantitative estimate of drug-likeness (QED) is 0.748. The number of fused-ring (bicyclic) bond motifs is 2. The Bertz CT molecular complexity index is 410. The Morgan fingerprint density at radius 3 is 3.19 bits per heavy atom. The van der Waals surface area contributed by atoms with Crippen LogP contribution in [0.5, 0.6) is 0 Å². The van der Waals surface area contributed by atoms with Crippen LogP contribution in [-0.2, 0) is 0 Å². The molecule has 0 spiro atoms. The van der Waals surface area contributed by atoms with E-state index in [0.717, 1.165) is 10.8 Å². The maximum absolute atomic E-state index is 6.36. The highest BCUT2D eigenvalue weighted by molar-refractivity contribution is 7.99. The third-order valence-electron chi connectivity index (χ3n) is 3.58. The van der Waals surface area contributed by atoms with Gasteiger partial charge in [0.05, 0.1) is 0 Å². The third-order valence-corrected chi connectivity index (χ3v) is 4.96. The fraction of sp³-hybridized carbons (Fsp3) is 0.500. The van der Waals surface area contributed by atoms with E-state index in [1.54, 1.807) is 0 Å². The summed E-state index contributed by atoms with van der Waals surface area (Å²) in [7, 11) is 0. The first-order valence-corrected chi connectivity index (χ1v) is 7.18. The zero-order chi connectivity index (χ0) is 11.1. The van der Waals surface area contributed by atoms with Crippen LogP contribution in [0.15, 0.2) is 18.2 Å². The molecule has 3 atom stereocenters. The summed E-state index contributed by atoms with van der Waals surface area (Å²) in [4.78, 5) is 0. The average molecular weight is 255 g/mol. The molecule has 2 aliphatic heterocycles. The monoisotopic (exact) mass is 254 g/mol. The highest BCUT2D eigenvalue weighted by Gasteiger charge is 2.36. The predicted octanol–water partition coefficient (Wildman–Crippen LogP) is 2.89. The van der Waals surface area contributed by atoms with E-state index in [0.29, 0.717) is 12.0 Å². The third kappa shape index (κ3) is 1.71. The van der Waals surface area contributed by atoms with Crippen molar-refractivity contribution in [2.24, 2.45) is 11.7 Å². The second kappa shape index (κ2) is 4.13. The molecule has 2 nitrogen and oxygen atoms in total. The molecule has 2 heterocycles. The topological polar surface area (TPSA) is 38.0 Å². The first kappa shape index (κ1) is 10.8. The van der Waals surface area contributed by atoms with E-state index in [1.807, 2.05) is 23.9 Å². The summed E-state index contributed by atoms with van der Waals surface area (Å²) in [6.07, 6.45) is 1.21. The molecule has 0 aliphatic carbocycles. The molecule has 1 aromatic carbocycles. The number of rotatable bonds is 0. The van der Waals surface area contributed by atoms with Crippen molar-refractivity contribution in [1.29, 1.82) is 0 Å². The lowest BCUT2D eigenvalue weighted by Gasteiger charge is -2.41. The van der Waals surface area contributed by atoms with E-state index in [2.05, 4.69) is 11.4 Å². The number of nitrogens with two attached hydrogens (primary N) is 1. The number of nitrogens with one attached hydrogen (secondary N) is 1. The van der Waals surface area contributed by atoms with Gasteiger partial charge in [-0.25, -0.2) is 0 Å². The van der Waals surface area contributed by atoms with Crippen molar-refractivity contribution in [3.8, 4) is 0 Å². The van der Waals surface area contributed by atoms with Gasteiger partial charge in [-0.2, -0.15) is 11.8 Å². The molecule has 1 fully saturated rings. The SMILES string of the molecule is NC1c2cc(Cl)ccc2NC2CCSCC21. The smallest absolute Gasteiger partial charge is 0.0410 e. The van der Waals surface area contributed by atoms with Crippen LogP contribution in [0.1, 0.15) is 18.0 Å². The van der Waals surface area contributed by atoms with Crippen LogP contribution in [-0.4, -0.2) is 17.5 Å². The first-order valence-electron chi connectivity index (χ1n) is 5.65. The van der Waals surface area contributed by atoms with Crippen molar-refractivity contribution in [1.82, 2.24) is 0 Å². The molecular formula is C12H15ClN2S. The number of hydrogen-bond donors (Lipinski definition) is 2. The summed E-state index contributed by atoms with van der Waals surface area (Å²) in [5, 5.41) is 4.38. The largest absolute Gasteiger partial charge is 0.382 e. The van der Waals surface area contributed by atoms with Crippen LogP contribution < -0.4 is 11.1 Å². The minimum absolute atomic E-state index is 0.132. The Morgan fingerprint density at radius 1 is 1.44 bits per heavy atom. The van der Waals surface area contributed by atoms with Crippen LogP contribution >= 0.6 is 23.4 Å². The van der Waals surface area contributed by atoms with Crippen molar-refractivity contribution < 1.29 is 0 Å². The summed E-state index contributed by atoms with van der Waals surface area (Å²) in [6, 6.07) is 6.66. The van der Waals surface area contributed by atoms with E-state index in [9.17, 15) is 0 Å². The molecule has 86 valence electrons. The zero-order valence-corrected chi connectivity index (χ0v) is 10.5. The van der Waals surface area contributed by atoms with Crippen LogP contribution in [0, 0.1) is 5.92 Å². The van der Waals surface area contributed by atoms with Gasteiger partial charge in [-0.1, -0.05) is 11.6 Å². The first-order chi connectivity index (χ1) is 7.75. The fourth-order valence-electron chi connectivity index (χ4n) is 2.66. The van der Waals surface area contributed by atoms with Crippen molar-refractivity contribution in [2.45, 2.75) is 18.5 Å². The molecule has 4 heteroatoms. The lowest BCUT2D eigenvalue weighted by atomic mass is 9.83. The predicted molar refractivity (Wildman–Crippen MR) is 71.2 cm³/mol. The summed E-state index contributed by atoms with van der Waals surface area (Å²) < 4.78 is 0. The normalized spacial score (nSPS) is 32.5. The highest BCUT2D eigenvalue weighted by Crippen LogP contribution is 2.41. The van der Waals surface area contributed by atoms with Gasteiger partial charge in [0.15, 0.2) is 0 Å². The standard InChI is InChI=1S/C12H15ClN2S/c13-7-1-2-10-8(5-7)12(14)9-6-16-4-3-11(9)15-10/h1-2,5,9,11-12,15H,3-4,6,14H2. The molecule has 0 amide bonds. The molecule has 3 N–H and O–H groups in total. The Morgan fingerprint density at radius 2 is 2.31 bits per heavy atom. The van der Waals surface area contributed by atoms with Gasteiger partial charge in [-0.05, 0) is 41.7 Å². The molecule has 0 bridgehead atoms. The van der Waals surface area contributed by atoms with Crippen molar-refractivity contribution in [3.63, 3.8) is 0 Å². The second-order valence-corrected chi connectivity index (χ2v) is 6.12. The Kier molecular flexibility index (Phi) is 2.78. The highest BCUT2D eigenvalue weighted by atomic mass is 35.5. The van der Waals surface area contributed by atoms with E-state index >= 15 is 0 Å². The number of benzene rings is 1. The fourth-order valence-corrected chi connectivity index (χ4v) is 4.14. The molecule has 2 aliphatic rings. The number of hydrogen-bond acceptors (Lipinski definition) is 3. The van der Waals surface area contributed by atoms with Gasteiger partial charge in [0.2, 0.25) is 0 Å². The number of halogens is 1. The van der Waals surface area contributed by atoms with Gasteiger partial charge in [-0.3, -0.25) is 0 Å². The van der Waals surface area contributed by atoms with Crippen LogP contribution in [0.4, 0.5) is 5.69 Å². The Balaban J connectivity index is 2.00. The van der Waals surface area contributed by atoms with Gasteiger partial charge in [0.25, 0.3) is 0 Å². The van der Waals surface area contributed by atoms with Gasteiger partial charge in [-0.15, -0.1) is 0 Å². The molecule has 3 unspecified atom stereocenters.